The van der Waals surface area contributed by atoms with E-state index in [0.29, 0.717) is 6.04 Å². The van der Waals surface area contributed by atoms with Crippen molar-refractivity contribution in [3.05, 3.63) is 18.5 Å². The van der Waals surface area contributed by atoms with Crippen LogP contribution in [0.4, 0.5) is 5.69 Å². The Bertz CT molecular complexity index is 408. The van der Waals surface area contributed by atoms with E-state index in [9.17, 15) is 5.26 Å². The van der Waals surface area contributed by atoms with Crippen LogP contribution in [-0.2, 0) is 0 Å². The van der Waals surface area contributed by atoms with Gasteiger partial charge in [0.2, 0.25) is 0 Å². The first-order chi connectivity index (χ1) is 8.59. The van der Waals surface area contributed by atoms with Gasteiger partial charge in [0.1, 0.15) is 5.54 Å². The summed E-state index contributed by atoms with van der Waals surface area (Å²) in [7, 11) is 6.17. The van der Waals surface area contributed by atoms with Gasteiger partial charge >= 0.3 is 0 Å². The van der Waals surface area contributed by atoms with E-state index in [1.54, 1.807) is 0 Å². The maximum atomic E-state index is 9.41. The Hall–Kier alpha value is -1.47. The van der Waals surface area contributed by atoms with Gasteiger partial charge in [-0.05, 0) is 45.8 Å². The summed E-state index contributed by atoms with van der Waals surface area (Å²) in [5, 5.41) is 9.41. The molecule has 1 aromatic rings. The minimum atomic E-state index is -0.254. The summed E-state index contributed by atoms with van der Waals surface area (Å²) in [6, 6.07) is 5.15. The Morgan fingerprint density at radius 2 is 2.00 bits per heavy atom. The largest absolute Gasteiger partial charge is 0.370 e. The minimum absolute atomic E-state index is 0.254. The third-order valence-corrected chi connectivity index (χ3v) is 4.38. The molecule has 0 amide bonds. The van der Waals surface area contributed by atoms with Crippen LogP contribution in [0.2, 0.25) is 0 Å². The molecule has 0 saturated heterocycles. The number of aromatic amines is 1. The second-order valence-corrected chi connectivity index (χ2v) is 5.45. The summed E-state index contributed by atoms with van der Waals surface area (Å²) in [4.78, 5) is 7.50. The molecule has 0 aliphatic heterocycles. The Morgan fingerprint density at radius 1 is 1.33 bits per heavy atom. The van der Waals surface area contributed by atoms with E-state index in [1.165, 1.54) is 5.69 Å². The number of nitrogens with one attached hydrogen (secondary N) is 1. The van der Waals surface area contributed by atoms with Gasteiger partial charge in [0.15, 0.2) is 0 Å². The molecule has 1 aliphatic carbocycles. The first-order valence-corrected chi connectivity index (χ1v) is 6.53. The lowest BCUT2D eigenvalue weighted by Gasteiger charge is -2.42. The van der Waals surface area contributed by atoms with Crippen molar-refractivity contribution in [3.8, 4) is 6.07 Å². The molecular formula is C14H22N4. The topological polar surface area (TPSA) is 46.1 Å². The smallest absolute Gasteiger partial charge is 0.108 e. The van der Waals surface area contributed by atoms with E-state index in [2.05, 4.69) is 34.0 Å². The molecule has 1 N–H and O–H groups in total. The predicted octanol–water partition coefficient (Wildman–Crippen LogP) is 2.22. The summed E-state index contributed by atoms with van der Waals surface area (Å²) in [6.07, 6.45) is 8.04. The average Bonchev–Trinajstić information content (AvgIpc) is 2.91. The van der Waals surface area contributed by atoms with Gasteiger partial charge in [0, 0.05) is 25.5 Å². The second kappa shape index (κ2) is 5.03. The fourth-order valence-electron chi connectivity index (χ4n) is 2.87. The third kappa shape index (κ3) is 2.23. The fraction of sp³-hybridized carbons (Fsp3) is 0.643. The maximum Gasteiger partial charge on any atom is 0.108 e. The first-order valence-electron chi connectivity index (χ1n) is 6.53. The van der Waals surface area contributed by atoms with E-state index < -0.39 is 0 Å². The summed E-state index contributed by atoms with van der Waals surface area (Å²) < 4.78 is 0. The van der Waals surface area contributed by atoms with Crippen LogP contribution in [-0.4, -0.2) is 42.6 Å². The van der Waals surface area contributed by atoms with Gasteiger partial charge in [-0.3, -0.25) is 4.90 Å². The SMILES string of the molecule is CN(c1cc[nH]c1)C1CCC(C#N)(N(C)C)CC1. The van der Waals surface area contributed by atoms with E-state index in [-0.39, 0.29) is 5.54 Å². The van der Waals surface area contributed by atoms with Gasteiger partial charge in [-0.15, -0.1) is 0 Å². The van der Waals surface area contributed by atoms with Crippen LogP contribution in [0.15, 0.2) is 18.5 Å². The summed E-state index contributed by atoms with van der Waals surface area (Å²) in [6.45, 7) is 0. The third-order valence-electron chi connectivity index (χ3n) is 4.38. The van der Waals surface area contributed by atoms with Crippen LogP contribution < -0.4 is 4.90 Å². The lowest BCUT2D eigenvalue weighted by atomic mass is 9.79. The van der Waals surface area contributed by atoms with Crippen LogP contribution in [0.3, 0.4) is 0 Å². The van der Waals surface area contributed by atoms with Crippen molar-refractivity contribution in [3.63, 3.8) is 0 Å². The van der Waals surface area contributed by atoms with Gasteiger partial charge in [-0.1, -0.05) is 0 Å². The molecule has 0 aromatic carbocycles. The number of rotatable bonds is 3. The van der Waals surface area contributed by atoms with E-state index in [4.69, 9.17) is 0 Å². The number of H-pyrrole nitrogens is 1. The van der Waals surface area contributed by atoms with Crippen LogP contribution in [0, 0.1) is 11.3 Å². The molecule has 2 rings (SSSR count). The van der Waals surface area contributed by atoms with Crippen molar-refractivity contribution < 1.29 is 0 Å². The molecule has 0 radical (unpaired) electrons. The highest BCUT2D eigenvalue weighted by atomic mass is 15.2. The Labute approximate surface area is 109 Å². The molecule has 4 heteroatoms. The maximum absolute atomic E-state index is 9.41. The molecule has 0 spiro atoms. The van der Waals surface area contributed by atoms with Crippen molar-refractivity contribution in [2.75, 3.05) is 26.0 Å². The molecule has 1 fully saturated rings. The van der Waals surface area contributed by atoms with Crippen molar-refractivity contribution in [2.24, 2.45) is 0 Å². The van der Waals surface area contributed by atoms with Crippen LogP contribution in [0.25, 0.3) is 0 Å². The number of anilines is 1. The number of aromatic nitrogens is 1. The van der Waals surface area contributed by atoms with Crippen LogP contribution >= 0.6 is 0 Å². The highest BCUT2D eigenvalue weighted by Crippen LogP contribution is 2.34. The van der Waals surface area contributed by atoms with Gasteiger partial charge in [0.25, 0.3) is 0 Å². The van der Waals surface area contributed by atoms with Gasteiger partial charge in [0.05, 0.1) is 11.8 Å². The Morgan fingerprint density at radius 3 is 2.44 bits per heavy atom. The van der Waals surface area contributed by atoms with Crippen LogP contribution in [0.1, 0.15) is 25.7 Å². The summed E-state index contributed by atoms with van der Waals surface area (Å²) >= 11 is 0. The fourth-order valence-corrected chi connectivity index (χ4v) is 2.87. The lowest BCUT2D eigenvalue weighted by molar-refractivity contribution is 0.148. The predicted molar refractivity (Wildman–Crippen MR) is 73.5 cm³/mol. The number of hydrogen-bond acceptors (Lipinski definition) is 3. The van der Waals surface area contributed by atoms with Gasteiger partial charge in [-0.25, -0.2) is 0 Å². The second-order valence-electron chi connectivity index (χ2n) is 5.45. The number of nitriles is 1. The highest BCUT2D eigenvalue weighted by molar-refractivity contribution is 5.44. The normalized spacial score (nSPS) is 28.1. The standard InChI is InChI=1S/C14H22N4/c1-17(2)14(11-15)7-4-12(5-8-14)18(3)13-6-9-16-10-13/h6,9-10,12,16H,4-5,7-8H2,1-3H3. The van der Waals surface area contributed by atoms with Crippen molar-refractivity contribution in [2.45, 2.75) is 37.3 Å². The molecule has 0 atom stereocenters. The summed E-state index contributed by atoms with van der Waals surface area (Å²) in [5.41, 5.74) is 0.976. The van der Waals surface area contributed by atoms with E-state index >= 15 is 0 Å². The quantitative estimate of drug-likeness (QED) is 0.889. The van der Waals surface area contributed by atoms with Crippen molar-refractivity contribution >= 4 is 5.69 Å². The van der Waals surface area contributed by atoms with Gasteiger partial charge < -0.3 is 9.88 Å². The molecule has 1 saturated carbocycles. The molecule has 1 aliphatic rings. The monoisotopic (exact) mass is 246 g/mol. The van der Waals surface area contributed by atoms with Crippen LogP contribution in [0.5, 0.6) is 0 Å². The van der Waals surface area contributed by atoms with Gasteiger partial charge in [-0.2, -0.15) is 5.26 Å². The molecule has 0 bridgehead atoms. The minimum Gasteiger partial charge on any atom is -0.370 e. The zero-order valence-electron chi connectivity index (χ0n) is 11.5. The zero-order chi connectivity index (χ0) is 13.2. The molecule has 98 valence electrons. The highest BCUT2D eigenvalue weighted by Gasteiger charge is 2.38. The van der Waals surface area contributed by atoms with E-state index in [1.807, 2.05) is 26.5 Å². The Kier molecular flexibility index (Phi) is 3.63. The Balaban J connectivity index is 2.01. The molecule has 4 nitrogen and oxygen atoms in total. The number of nitrogens with zero attached hydrogens (tertiary/aromatic N) is 3. The molecular weight excluding hydrogens is 224 g/mol. The zero-order valence-corrected chi connectivity index (χ0v) is 11.5. The average molecular weight is 246 g/mol. The molecule has 1 heterocycles. The molecule has 0 unspecified atom stereocenters. The summed E-state index contributed by atoms with van der Waals surface area (Å²) in [5.74, 6) is 0. The molecule has 1 aromatic heterocycles. The number of hydrogen-bond donors (Lipinski definition) is 1. The lowest BCUT2D eigenvalue weighted by Crippen LogP contribution is -2.49. The van der Waals surface area contributed by atoms with E-state index in [0.717, 1.165) is 25.7 Å². The van der Waals surface area contributed by atoms with Crippen molar-refractivity contribution in [1.29, 1.82) is 5.26 Å². The van der Waals surface area contributed by atoms with Crippen molar-refractivity contribution in [1.82, 2.24) is 9.88 Å². The first kappa shape index (κ1) is 13.0. The molecule has 18 heavy (non-hydrogen) atoms.